The minimum Gasteiger partial charge on any atom is -0.497 e. The number of carbonyl (C=O) groups excluding carboxylic acids is 1. The van der Waals surface area contributed by atoms with Gasteiger partial charge in [-0.05, 0) is 36.5 Å². The molecule has 0 fully saturated rings. The zero-order valence-corrected chi connectivity index (χ0v) is 14.2. The number of ether oxygens (including phenoxy) is 2. The van der Waals surface area contributed by atoms with Crippen LogP contribution in [0.5, 0.6) is 11.5 Å². The molecule has 0 radical (unpaired) electrons. The standard InChI is InChI=1S/C18H18N2O3S/c1-22-15-8-5-7-14(12-15)19-18(24)20-17(21)11-10-13-6-3-4-9-16(13)23-2/h3-12H,1-2H3,(H2,19,20,21,24)/b11-10+. The van der Waals surface area contributed by atoms with Gasteiger partial charge in [-0.3, -0.25) is 10.1 Å². The lowest BCUT2D eigenvalue weighted by atomic mass is 10.2. The highest BCUT2D eigenvalue weighted by atomic mass is 32.1. The number of hydrogen-bond donors (Lipinski definition) is 2. The number of nitrogens with one attached hydrogen (secondary N) is 2. The molecule has 2 aromatic rings. The van der Waals surface area contributed by atoms with Crippen LogP contribution in [0.1, 0.15) is 5.56 Å². The van der Waals surface area contributed by atoms with Gasteiger partial charge in [0.2, 0.25) is 5.91 Å². The van der Waals surface area contributed by atoms with Crippen molar-refractivity contribution in [3.05, 3.63) is 60.2 Å². The van der Waals surface area contributed by atoms with Crippen LogP contribution < -0.4 is 20.1 Å². The van der Waals surface area contributed by atoms with Gasteiger partial charge < -0.3 is 14.8 Å². The van der Waals surface area contributed by atoms with Crippen LogP contribution in [-0.2, 0) is 4.79 Å². The lowest BCUT2D eigenvalue weighted by Crippen LogP contribution is -2.32. The predicted octanol–water partition coefficient (Wildman–Crippen LogP) is 3.23. The Bertz CT molecular complexity index is 759. The SMILES string of the molecule is COc1cccc(NC(=S)NC(=O)/C=C/c2ccccc2OC)c1. The zero-order valence-electron chi connectivity index (χ0n) is 13.4. The van der Waals surface area contributed by atoms with Crippen molar-refractivity contribution in [1.82, 2.24) is 5.32 Å². The molecule has 0 aromatic heterocycles. The Hall–Kier alpha value is -2.86. The number of thiocarbonyl (C=S) groups is 1. The molecule has 5 nitrogen and oxygen atoms in total. The lowest BCUT2D eigenvalue weighted by molar-refractivity contribution is -0.115. The Balaban J connectivity index is 1.94. The van der Waals surface area contributed by atoms with Crippen molar-refractivity contribution in [3.8, 4) is 11.5 Å². The topological polar surface area (TPSA) is 59.6 Å². The van der Waals surface area contributed by atoms with E-state index in [1.807, 2.05) is 42.5 Å². The first-order valence-electron chi connectivity index (χ1n) is 7.19. The van der Waals surface area contributed by atoms with E-state index in [0.29, 0.717) is 11.5 Å². The van der Waals surface area contributed by atoms with Crippen LogP contribution in [0.25, 0.3) is 6.08 Å². The van der Waals surface area contributed by atoms with Crippen LogP contribution in [-0.4, -0.2) is 25.2 Å². The van der Waals surface area contributed by atoms with E-state index in [9.17, 15) is 4.79 Å². The van der Waals surface area contributed by atoms with Gasteiger partial charge in [0.05, 0.1) is 14.2 Å². The van der Waals surface area contributed by atoms with Crippen molar-refractivity contribution in [3.63, 3.8) is 0 Å². The summed E-state index contributed by atoms with van der Waals surface area (Å²) in [6.45, 7) is 0. The number of anilines is 1. The summed E-state index contributed by atoms with van der Waals surface area (Å²) in [6, 6.07) is 14.7. The molecule has 0 unspecified atom stereocenters. The van der Waals surface area contributed by atoms with E-state index in [1.54, 1.807) is 26.4 Å². The van der Waals surface area contributed by atoms with E-state index < -0.39 is 0 Å². The Morgan fingerprint density at radius 2 is 1.88 bits per heavy atom. The summed E-state index contributed by atoms with van der Waals surface area (Å²) in [4.78, 5) is 11.9. The number of benzene rings is 2. The average Bonchev–Trinajstić information content (AvgIpc) is 2.60. The van der Waals surface area contributed by atoms with E-state index in [2.05, 4.69) is 10.6 Å². The maximum atomic E-state index is 11.9. The van der Waals surface area contributed by atoms with Gasteiger partial charge in [-0.15, -0.1) is 0 Å². The molecule has 0 spiro atoms. The van der Waals surface area contributed by atoms with Gasteiger partial charge in [-0.2, -0.15) is 0 Å². The molecule has 0 aliphatic carbocycles. The number of para-hydroxylation sites is 1. The highest BCUT2D eigenvalue weighted by Gasteiger charge is 2.03. The second-order valence-electron chi connectivity index (χ2n) is 4.75. The highest BCUT2D eigenvalue weighted by molar-refractivity contribution is 7.80. The Morgan fingerprint density at radius 1 is 1.08 bits per heavy atom. The summed E-state index contributed by atoms with van der Waals surface area (Å²) in [5, 5.41) is 5.72. The van der Waals surface area contributed by atoms with Crippen LogP contribution in [0.4, 0.5) is 5.69 Å². The number of hydrogen-bond acceptors (Lipinski definition) is 4. The summed E-state index contributed by atoms with van der Waals surface area (Å²) in [7, 11) is 3.17. The Labute approximate surface area is 146 Å². The Morgan fingerprint density at radius 3 is 2.62 bits per heavy atom. The third-order valence-electron chi connectivity index (χ3n) is 3.12. The van der Waals surface area contributed by atoms with Gasteiger partial charge in [0.15, 0.2) is 5.11 Å². The van der Waals surface area contributed by atoms with Gasteiger partial charge in [0, 0.05) is 23.4 Å². The molecule has 0 saturated heterocycles. The molecule has 0 aliphatic rings. The summed E-state index contributed by atoms with van der Waals surface area (Å²) < 4.78 is 10.4. The van der Waals surface area contributed by atoms with Crippen molar-refractivity contribution < 1.29 is 14.3 Å². The van der Waals surface area contributed by atoms with E-state index in [0.717, 1.165) is 11.3 Å². The van der Waals surface area contributed by atoms with Crippen LogP contribution in [0.15, 0.2) is 54.6 Å². The van der Waals surface area contributed by atoms with Crippen LogP contribution >= 0.6 is 12.2 Å². The summed E-state index contributed by atoms with van der Waals surface area (Å²) in [5.74, 6) is 1.06. The van der Waals surface area contributed by atoms with E-state index in [1.165, 1.54) is 6.08 Å². The maximum absolute atomic E-state index is 11.9. The third kappa shape index (κ3) is 5.10. The Kier molecular flexibility index (Phi) is 6.33. The van der Waals surface area contributed by atoms with Crippen molar-refractivity contribution in [2.24, 2.45) is 0 Å². The van der Waals surface area contributed by atoms with Crippen LogP contribution in [0, 0.1) is 0 Å². The van der Waals surface area contributed by atoms with Crippen molar-refractivity contribution in [2.45, 2.75) is 0 Å². The van der Waals surface area contributed by atoms with Gasteiger partial charge in [-0.1, -0.05) is 24.3 Å². The fourth-order valence-electron chi connectivity index (χ4n) is 1.99. The average molecular weight is 342 g/mol. The zero-order chi connectivity index (χ0) is 17.4. The first-order chi connectivity index (χ1) is 11.6. The largest absolute Gasteiger partial charge is 0.497 e. The van der Waals surface area contributed by atoms with Gasteiger partial charge in [0.25, 0.3) is 0 Å². The minimum atomic E-state index is -0.332. The summed E-state index contributed by atoms with van der Waals surface area (Å²) in [5.41, 5.74) is 1.54. The number of carbonyl (C=O) groups is 1. The molecule has 0 heterocycles. The number of methoxy groups -OCH3 is 2. The summed E-state index contributed by atoms with van der Waals surface area (Å²) in [6.07, 6.45) is 3.07. The predicted molar refractivity (Wildman–Crippen MR) is 99.4 cm³/mol. The monoisotopic (exact) mass is 342 g/mol. The van der Waals surface area contributed by atoms with Crippen molar-refractivity contribution in [1.29, 1.82) is 0 Å². The third-order valence-corrected chi connectivity index (χ3v) is 3.32. The molecule has 6 heteroatoms. The fourth-order valence-corrected chi connectivity index (χ4v) is 2.20. The highest BCUT2D eigenvalue weighted by Crippen LogP contribution is 2.18. The molecular weight excluding hydrogens is 324 g/mol. The fraction of sp³-hybridized carbons (Fsp3) is 0.111. The van der Waals surface area contributed by atoms with Gasteiger partial charge in [0.1, 0.15) is 11.5 Å². The normalized spacial score (nSPS) is 10.2. The maximum Gasteiger partial charge on any atom is 0.250 e. The molecule has 24 heavy (non-hydrogen) atoms. The second-order valence-corrected chi connectivity index (χ2v) is 5.16. The molecule has 0 aliphatic heterocycles. The molecular formula is C18H18N2O3S. The van der Waals surface area contributed by atoms with Crippen molar-refractivity contribution >= 4 is 35.0 Å². The van der Waals surface area contributed by atoms with Gasteiger partial charge in [-0.25, -0.2) is 0 Å². The quantitative estimate of drug-likeness (QED) is 0.645. The summed E-state index contributed by atoms with van der Waals surface area (Å²) >= 11 is 5.13. The molecule has 2 N–H and O–H groups in total. The molecule has 1 amide bonds. The van der Waals surface area contributed by atoms with E-state index in [-0.39, 0.29) is 11.0 Å². The molecule has 0 atom stereocenters. The number of amides is 1. The minimum absolute atomic E-state index is 0.206. The molecule has 2 rings (SSSR count). The molecule has 124 valence electrons. The molecule has 0 saturated carbocycles. The second kappa shape index (κ2) is 8.69. The van der Waals surface area contributed by atoms with Crippen molar-refractivity contribution in [2.75, 3.05) is 19.5 Å². The van der Waals surface area contributed by atoms with Gasteiger partial charge >= 0.3 is 0 Å². The number of rotatable bonds is 5. The smallest absolute Gasteiger partial charge is 0.250 e. The van der Waals surface area contributed by atoms with E-state index >= 15 is 0 Å². The van der Waals surface area contributed by atoms with Crippen LogP contribution in [0.3, 0.4) is 0 Å². The first-order valence-corrected chi connectivity index (χ1v) is 7.60. The van der Waals surface area contributed by atoms with Crippen LogP contribution in [0.2, 0.25) is 0 Å². The first kappa shape index (κ1) is 17.5. The van der Waals surface area contributed by atoms with E-state index in [4.69, 9.17) is 21.7 Å². The molecule has 0 bridgehead atoms. The lowest BCUT2D eigenvalue weighted by Gasteiger charge is -2.09. The molecule has 2 aromatic carbocycles.